The van der Waals surface area contributed by atoms with Crippen molar-refractivity contribution in [3.05, 3.63) is 101 Å². The van der Waals surface area contributed by atoms with Gasteiger partial charge in [-0.3, -0.25) is 9.89 Å². The summed E-state index contributed by atoms with van der Waals surface area (Å²) in [4.78, 5) is 17.2. The van der Waals surface area contributed by atoms with Crippen molar-refractivity contribution in [3.8, 4) is 5.69 Å². The molecule has 188 valence electrons. The number of benzene rings is 3. The standard InChI is InChI=1S/C27H23F3N6O/c1-16-14-36(15-32-16)25-17(2)22(27(28,29)30)11-24(34-26(37)18-6-4-3-5-7-18)21(25)13-31-20-8-9-23-19(10-20)12-33-35-23/h3-12,14-15,31H,13H2,1-2H3,(H,33,35)(H,34,37). The van der Waals surface area contributed by atoms with Gasteiger partial charge in [0.25, 0.3) is 5.91 Å². The topological polar surface area (TPSA) is 87.6 Å². The van der Waals surface area contributed by atoms with Crippen LogP contribution >= 0.6 is 0 Å². The van der Waals surface area contributed by atoms with Crippen LogP contribution in [0.3, 0.4) is 0 Å². The zero-order valence-corrected chi connectivity index (χ0v) is 20.0. The minimum Gasteiger partial charge on any atom is -0.381 e. The van der Waals surface area contributed by atoms with Crippen LogP contribution in [0.15, 0.2) is 73.3 Å². The normalized spacial score (nSPS) is 11.6. The second-order valence-electron chi connectivity index (χ2n) is 8.69. The number of halogens is 3. The lowest BCUT2D eigenvalue weighted by Crippen LogP contribution is -2.19. The van der Waals surface area contributed by atoms with Gasteiger partial charge in [-0.15, -0.1) is 0 Å². The summed E-state index contributed by atoms with van der Waals surface area (Å²) in [5.41, 5.74) is 2.64. The van der Waals surface area contributed by atoms with Crippen molar-refractivity contribution >= 4 is 28.2 Å². The van der Waals surface area contributed by atoms with Gasteiger partial charge in [0, 0.05) is 40.6 Å². The average molecular weight is 505 g/mol. The summed E-state index contributed by atoms with van der Waals surface area (Å²) in [6.07, 6.45) is 0.195. The van der Waals surface area contributed by atoms with Crippen LogP contribution in [0.5, 0.6) is 0 Å². The van der Waals surface area contributed by atoms with Gasteiger partial charge >= 0.3 is 6.18 Å². The van der Waals surface area contributed by atoms with Crippen molar-refractivity contribution in [2.45, 2.75) is 26.6 Å². The Kier molecular flexibility index (Phi) is 6.16. The Hall–Kier alpha value is -4.60. The molecule has 0 aliphatic rings. The SMILES string of the molecule is Cc1cn(-c2c(C)c(C(F)(F)F)cc(NC(=O)c3ccccc3)c2CNc2ccc3[nH]ncc3c2)cn1. The van der Waals surface area contributed by atoms with E-state index in [1.165, 1.54) is 13.3 Å². The Morgan fingerprint density at radius 3 is 2.57 bits per heavy atom. The van der Waals surface area contributed by atoms with Crippen LogP contribution in [0.1, 0.15) is 32.7 Å². The largest absolute Gasteiger partial charge is 0.416 e. The van der Waals surface area contributed by atoms with E-state index < -0.39 is 17.6 Å². The smallest absolute Gasteiger partial charge is 0.381 e. The molecule has 1 amide bonds. The minimum atomic E-state index is -4.63. The predicted molar refractivity (Wildman–Crippen MR) is 136 cm³/mol. The third kappa shape index (κ3) is 4.90. The number of nitrogens with zero attached hydrogens (tertiary/aromatic N) is 3. The lowest BCUT2D eigenvalue weighted by Gasteiger charge is -2.23. The zero-order chi connectivity index (χ0) is 26.2. The molecule has 0 spiro atoms. The van der Waals surface area contributed by atoms with E-state index in [2.05, 4.69) is 25.8 Å². The molecule has 37 heavy (non-hydrogen) atoms. The van der Waals surface area contributed by atoms with Gasteiger partial charge < -0.3 is 15.2 Å². The van der Waals surface area contributed by atoms with Crippen molar-refractivity contribution in [1.82, 2.24) is 19.7 Å². The van der Waals surface area contributed by atoms with Crippen LogP contribution in [0, 0.1) is 13.8 Å². The fourth-order valence-electron chi connectivity index (χ4n) is 4.33. The molecule has 0 fully saturated rings. The number of aromatic amines is 1. The van der Waals surface area contributed by atoms with Gasteiger partial charge in [0.1, 0.15) is 0 Å². The summed E-state index contributed by atoms with van der Waals surface area (Å²) in [7, 11) is 0. The zero-order valence-electron chi connectivity index (χ0n) is 20.0. The molecule has 5 aromatic rings. The first-order valence-electron chi connectivity index (χ1n) is 11.5. The van der Waals surface area contributed by atoms with Gasteiger partial charge in [-0.25, -0.2) is 4.98 Å². The molecule has 0 saturated carbocycles. The second kappa shape index (κ2) is 9.45. The van der Waals surface area contributed by atoms with E-state index in [0.717, 1.165) is 22.7 Å². The van der Waals surface area contributed by atoms with Gasteiger partial charge in [0.05, 0.1) is 35.0 Å². The first-order chi connectivity index (χ1) is 17.7. The summed E-state index contributed by atoms with van der Waals surface area (Å²) in [6.45, 7) is 3.33. The molecule has 0 radical (unpaired) electrons. The molecule has 3 N–H and O–H groups in total. The van der Waals surface area contributed by atoms with Gasteiger partial charge in [-0.1, -0.05) is 18.2 Å². The number of carbonyl (C=O) groups is 1. The van der Waals surface area contributed by atoms with Crippen LogP contribution in [-0.2, 0) is 12.7 Å². The van der Waals surface area contributed by atoms with E-state index in [-0.39, 0.29) is 17.8 Å². The van der Waals surface area contributed by atoms with Gasteiger partial charge in [0.2, 0.25) is 0 Å². The summed E-state index contributed by atoms with van der Waals surface area (Å²) in [5, 5.41) is 13.8. The highest BCUT2D eigenvalue weighted by atomic mass is 19.4. The van der Waals surface area contributed by atoms with Crippen LogP contribution in [0.25, 0.3) is 16.6 Å². The number of nitrogens with one attached hydrogen (secondary N) is 3. The predicted octanol–water partition coefficient (Wildman–Crippen LogP) is 6.25. The number of hydrogen-bond donors (Lipinski definition) is 3. The third-order valence-corrected chi connectivity index (χ3v) is 6.13. The number of imidazole rings is 1. The van der Waals surface area contributed by atoms with Crippen molar-refractivity contribution < 1.29 is 18.0 Å². The molecule has 5 rings (SSSR count). The number of anilines is 2. The number of alkyl halides is 3. The molecule has 0 atom stereocenters. The molecule has 0 bridgehead atoms. The highest BCUT2D eigenvalue weighted by Crippen LogP contribution is 2.39. The third-order valence-electron chi connectivity index (χ3n) is 6.13. The summed E-state index contributed by atoms with van der Waals surface area (Å²) in [6, 6.07) is 15.0. The number of amides is 1. The molecule has 0 saturated heterocycles. The van der Waals surface area contributed by atoms with E-state index in [0.29, 0.717) is 22.5 Å². The molecule has 2 aromatic heterocycles. The van der Waals surface area contributed by atoms with Crippen LogP contribution in [0.4, 0.5) is 24.5 Å². The number of hydrogen-bond acceptors (Lipinski definition) is 4. The maximum absolute atomic E-state index is 14.1. The molecule has 0 unspecified atom stereocenters. The van der Waals surface area contributed by atoms with Crippen LogP contribution < -0.4 is 10.6 Å². The molecule has 10 heteroatoms. The van der Waals surface area contributed by atoms with Gasteiger partial charge in [-0.2, -0.15) is 18.3 Å². The Labute approximate surface area is 210 Å². The number of aryl methyl sites for hydroxylation is 1. The summed E-state index contributed by atoms with van der Waals surface area (Å²) in [5.74, 6) is -0.508. The monoisotopic (exact) mass is 504 g/mol. The Bertz CT molecular complexity index is 1590. The van der Waals surface area contributed by atoms with E-state index in [9.17, 15) is 18.0 Å². The summed E-state index contributed by atoms with van der Waals surface area (Å²) >= 11 is 0. The van der Waals surface area contributed by atoms with E-state index in [1.54, 1.807) is 54.2 Å². The molecular weight excluding hydrogens is 481 g/mol. The Morgan fingerprint density at radius 2 is 1.86 bits per heavy atom. The number of aromatic nitrogens is 4. The van der Waals surface area contributed by atoms with E-state index >= 15 is 0 Å². The molecule has 7 nitrogen and oxygen atoms in total. The van der Waals surface area contributed by atoms with Gasteiger partial charge in [0.15, 0.2) is 0 Å². The maximum atomic E-state index is 14.1. The second-order valence-corrected chi connectivity index (χ2v) is 8.69. The van der Waals surface area contributed by atoms with Crippen molar-refractivity contribution in [2.24, 2.45) is 0 Å². The van der Waals surface area contributed by atoms with Crippen molar-refractivity contribution in [3.63, 3.8) is 0 Å². The molecular formula is C27H23F3N6O. The first kappa shape index (κ1) is 24.1. The number of rotatable bonds is 6. The fraction of sp³-hybridized carbons (Fsp3) is 0.148. The Morgan fingerprint density at radius 1 is 1.08 bits per heavy atom. The molecule has 2 heterocycles. The first-order valence-corrected chi connectivity index (χ1v) is 11.5. The molecule has 3 aromatic carbocycles. The van der Waals surface area contributed by atoms with Crippen LogP contribution in [0.2, 0.25) is 0 Å². The minimum absolute atomic E-state index is 0.0321. The maximum Gasteiger partial charge on any atom is 0.416 e. The van der Waals surface area contributed by atoms with E-state index in [4.69, 9.17) is 0 Å². The average Bonchev–Trinajstić information content (AvgIpc) is 3.52. The summed E-state index contributed by atoms with van der Waals surface area (Å²) < 4.78 is 43.9. The van der Waals surface area contributed by atoms with Gasteiger partial charge in [-0.05, 0) is 55.8 Å². The fourth-order valence-corrected chi connectivity index (χ4v) is 4.33. The number of H-pyrrole nitrogens is 1. The lowest BCUT2D eigenvalue weighted by atomic mass is 9.98. The number of fused-ring (bicyclic) bond motifs is 1. The molecule has 0 aliphatic heterocycles. The van der Waals surface area contributed by atoms with E-state index in [1.807, 2.05) is 18.2 Å². The Balaban J connectivity index is 1.64. The number of carbonyl (C=O) groups excluding carboxylic acids is 1. The van der Waals surface area contributed by atoms with Crippen molar-refractivity contribution in [2.75, 3.05) is 10.6 Å². The molecule has 0 aliphatic carbocycles. The highest BCUT2D eigenvalue weighted by Gasteiger charge is 2.35. The quantitative estimate of drug-likeness (QED) is 0.255. The van der Waals surface area contributed by atoms with Crippen molar-refractivity contribution in [1.29, 1.82) is 0 Å². The lowest BCUT2D eigenvalue weighted by molar-refractivity contribution is -0.138. The highest BCUT2D eigenvalue weighted by molar-refractivity contribution is 6.05. The van der Waals surface area contributed by atoms with Crippen LogP contribution in [-0.4, -0.2) is 25.7 Å².